The number of nitrogens with two attached hydrogens (primary N) is 1. The third kappa shape index (κ3) is 4.15. The van der Waals surface area contributed by atoms with E-state index in [1.807, 2.05) is 0 Å². The van der Waals surface area contributed by atoms with Crippen LogP contribution in [0.2, 0.25) is 10.0 Å². The molecule has 4 N–H and O–H groups in total. The number of carboxylic acid groups (broad SMARTS) is 1. The number of nitrogens with one attached hydrogen (secondary N) is 1. The van der Waals surface area contributed by atoms with Crippen LogP contribution in [0.15, 0.2) is 42.5 Å². The minimum Gasteiger partial charge on any atom is -0.480 e. The van der Waals surface area contributed by atoms with E-state index in [2.05, 4.69) is 26.1 Å². The van der Waals surface area contributed by atoms with Crippen LogP contribution < -0.4 is 11.1 Å². The van der Waals surface area contributed by atoms with Crippen molar-refractivity contribution in [1.82, 2.24) is 5.32 Å². The fraction of sp³-hybridized carbons (Fsp3) is 0.409. The molecular weight excluding hydrogens is 414 g/mol. The Bertz CT molecular complexity index is 914. The minimum atomic E-state index is -1.19. The molecule has 0 unspecified atom stereocenters. The lowest BCUT2D eigenvalue weighted by atomic mass is 9.68. The number of benzene rings is 2. The van der Waals surface area contributed by atoms with Gasteiger partial charge in [0.15, 0.2) is 0 Å². The van der Waals surface area contributed by atoms with Crippen LogP contribution >= 0.6 is 23.2 Å². The van der Waals surface area contributed by atoms with Gasteiger partial charge in [-0.1, -0.05) is 68.2 Å². The van der Waals surface area contributed by atoms with E-state index in [9.17, 15) is 9.90 Å². The Labute approximate surface area is 180 Å². The molecule has 1 aliphatic heterocycles. The Kier molecular flexibility index (Phi) is 5.98. The molecule has 0 spiro atoms. The second-order valence-electron chi connectivity index (χ2n) is 8.86. The maximum absolute atomic E-state index is 15.0. The maximum Gasteiger partial charge on any atom is 0.321 e. The van der Waals surface area contributed by atoms with E-state index >= 15 is 4.39 Å². The smallest absolute Gasteiger partial charge is 0.321 e. The summed E-state index contributed by atoms with van der Waals surface area (Å²) in [5, 5.41) is 13.6. The molecule has 4 nitrogen and oxygen atoms in total. The van der Waals surface area contributed by atoms with Crippen molar-refractivity contribution in [2.45, 2.75) is 50.7 Å². The van der Waals surface area contributed by atoms with Crippen LogP contribution in [0.25, 0.3) is 0 Å². The van der Waals surface area contributed by atoms with Crippen LogP contribution in [0.3, 0.4) is 0 Å². The summed E-state index contributed by atoms with van der Waals surface area (Å²) in [5.74, 6) is -2.60. The van der Waals surface area contributed by atoms with Gasteiger partial charge >= 0.3 is 5.97 Å². The Hall–Kier alpha value is -1.66. The first-order valence-electron chi connectivity index (χ1n) is 9.43. The summed E-state index contributed by atoms with van der Waals surface area (Å²) in [6.45, 7) is 6.17. The van der Waals surface area contributed by atoms with Crippen molar-refractivity contribution in [1.29, 1.82) is 0 Å². The number of hydrogen-bond donors (Lipinski definition) is 3. The zero-order chi connectivity index (χ0) is 21.6. The quantitative estimate of drug-likeness (QED) is 0.632. The number of carbonyl (C=O) groups is 1. The van der Waals surface area contributed by atoms with Crippen molar-refractivity contribution in [2.75, 3.05) is 0 Å². The van der Waals surface area contributed by atoms with E-state index in [1.54, 1.807) is 36.4 Å². The van der Waals surface area contributed by atoms with Gasteiger partial charge in [0.1, 0.15) is 11.9 Å². The summed E-state index contributed by atoms with van der Waals surface area (Å²) in [6, 6.07) is 10.1. The van der Waals surface area contributed by atoms with Gasteiger partial charge in [-0.05, 0) is 41.2 Å². The van der Waals surface area contributed by atoms with Gasteiger partial charge in [0.2, 0.25) is 0 Å². The molecule has 2 aromatic carbocycles. The Morgan fingerprint density at radius 1 is 1.21 bits per heavy atom. The zero-order valence-corrected chi connectivity index (χ0v) is 18.1. The molecule has 1 fully saturated rings. The Morgan fingerprint density at radius 3 is 2.38 bits per heavy atom. The summed E-state index contributed by atoms with van der Waals surface area (Å²) in [6.07, 6.45) is 0.592. The molecule has 29 heavy (non-hydrogen) atoms. The molecule has 2 aromatic rings. The summed E-state index contributed by atoms with van der Waals surface area (Å²) >= 11 is 12.1. The molecule has 0 bridgehead atoms. The predicted octanol–water partition coefficient (Wildman–Crippen LogP) is 4.93. The van der Waals surface area contributed by atoms with Gasteiger partial charge < -0.3 is 10.8 Å². The second kappa shape index (κ2) is 7.88. The molecule has 0 radical (unpaired) electrons. The normalized spacial score (nSPS) is 27.2. The third-order valence-electron chi connectivity index (χ3n) is 5.55. The highest BCUT2D eigenvalue weighted by atomic mass is 35.5. The van der Waals surface area contributed by atoms with Gasteiger partial charge in [0, 0.05) is 17.0 Å². The van der Waals surface area contributed by atoms with E-state index in [4.69, 9.17) is 28.9 Å². The molecule has 0 aliphatic carbocycles. The first-order chi connectivity index (χ1) is 13.4. The number of hydrogen-bond acceptors (Lipinski definition) is 3. The number of carboxylic acids is 1. The molecule has 1 aliphatic rings. The van der Waals surface area contributed by atoms with Crippen LogP contribution in [-0.4, -0.2) is 23.2 Å². The van der Waals surface area contributed by atoms with Crippen molar-refractivity contribution < 1.29 is 14.3 Å². The highest BCUT2D eigenvalue weighted by Crippen LogP contribution is 2.49. The topological polar surface area (TPSA) is 75.3 Å². The number of aliphatic carboxylic acids is 1. The van der Waals surface area contributed by atoms with Crippen molar-refractivity contribution in [2.24, 2.45) is 11.1 Å². The number of rotatable bonds is 4. The summed E-state index contributed by atoms with van der Waals surface area (Å²) in [4.78, 5) is 12.2. The zero-order valence-electron chi connectivity index (χ0n) is 16.5. The van der Waals surface area contributed by atoms with Gasteiger partial charge in [-0.2, -0.15) is 0 Å². The predicted molar refractivity (Wildman–Crippen MR) is 114 cm³/mol. The van der Waals surface area contributed by atoms with E-state index < -0.39 is 35.3 Å². The van der Waals surface area contributed by atoms with Crippen molar-refractivity contribution in [3.63, 3.8) is 0 Å². The van der Waals surface area contributed by atoms with Crippen molar-refractivity contribution in [3.05, 3.63) is 69.5 Å². The van der Waals surface area contributed by atoms with Crippen molar-refractivity contribution in [3.8, 4) is 0 Å². The molecule has 3 rings (SSSR count). The SMILES string of the molecule is CC(C)(C)C[C@@H]1N[C@@H](C(=O)O)[C@H](c2cccc(Cl)c2F)[C@@]1(N)c1ccc(Cl)cc1. The summed E-state index contributed by atoms with van der Waals surface area (Å²) in [7, 11) is 0. The second-order valence-corrected chi connectivity index (χ2v) is 9.70. The fourth-order valence-corrected chi connectivity index (χ4v) is 4.62. The number of halogens is 3. The lowest BCUT2D eigenvalue weighted by Gasteiger charge is -2.39. The van der Waals surface area contributed by atoms with Gasteiger partial charge in [-0.3, -0.25) is 10.1 Å². The first-order valence-corrected chi connectivity index (χ1v) is 10.2. The lowest BCUT2D eigenvalue weighted by molar-refractivity contribution is -0.139. The van der Waals surface area contributed by atoms with Gasteiger partial charge in [0.25, 0.3) is 0 Å². The van der Waals surface area contributed by atoms with E-state index in [-0.39, 0.29) is 16.0 Å². The molecule has 1 saturated heterocycles. The van der Waals surface area contributed by atoms with Gasteiger partial charge in [-0.15, -0.1) is 0 Å². The maximum atomic E-state index is 15.0. The van der Waals surface area contributed by atoms with E-state index in [0.717, 1.165) is 0 Å². The van der Waals surface area contributed by atoms with Crippen LogP contribution in [-0.2, 0) is 10.3 Å². The van der Waals surface area contributed by atoms with E-state index in [1.165, 1.54) is 6.07 Å². The molecule has 4 atom stereocenters. The molecule has 156 valence electrons. The minimum absolute atomic E-state index is 0.0654. The highest BCUT2D eigenvalue weighted by molar-refractivity contribution is 6.31. The molecule has 7 heteroatoms. The largest absolute Gasteiger partial charge is 0.480 e. The van der Waals surface area contributed by atoms with E-state index in [0.29, 0.717) is 17.0 Å². The molecule has 0 aromatic heterocycles. The Balaban J connectivity index is 2.25. The first kappa shape index (κ1) is 22.0. The van der Waals surface area contributed by atoms with Gasteiger partial charge in [0.05, 0.1) is 10.6 Å². The third-order valence-corrected chi connectivity index (χ3v) is 6.09. The molecule has 1 heterocycles. The summed E-state index contributed by atoms with van der Waals surface area (Å²) in [5.41, 5.74) is 6.58. The monoisotopic (exact) mass is 438 g/mol. The fourth-order valence-electron chi connectivity index (χ4n) is 4.31. The highest BCUT2D eigenvalue weighted by Gasteiger charge is 2.57. The lowest BCUT2D eigenvalue weighted by Crippen LogP contribution is -2.52. The standard InChI is InChI=1S/C22H25Cl2FN2O2/c1-21(2,3)11-16-22(26,12-7-9-13(23)10-8-12)17(19(27-16)20(28)29)14-5-4-6-15(24)18(14)25/h4-10,16-17,19,27H,11,26H2,1-3H3,(H,28,29)/t16-,17-,19+,22+/m0/s1. The van der Waals surface area contributed by atoms with Crippen LogP contribution in [0, 0.1) is 11.2 Å². The molecular formula is C22H25Cl2FN2O2. The molecule has 0 saturated carbocycles. The van der Waals surface area contributed by atoms with Crippen molar-refractivity contribution >= 4 is 29.2 Å². The summed E-state index contributed by atoms with van der Waals surface area (Å²) < 4.78 is 15.0. The van der Waals surface area contributed by atoms with Crippen LogP contribution in [0.5, 0.6) is 0 Å². The molecule has 0 amide bonds. The average Bonchev–Trinajstić information content (AvgIpc) is 2.90. The Morgan fingerprint density at radius 2 is 1.83 bits per heavy atom. The average molecular weight is 439 g/mol. The van der Waals surface area contributed by atoms with Crippen LogP contribution in [0.4, 0.5) is 4.39 Å². The van der Waals surface area contributed by atoms with Gasteiger partial charge in [-0.25, -0.2) is 4.39 Å². The van der Waals surface area contributed by atoms with Crippen LogP contribution in [0.1, 0.15) is 44.2 Å².